The molecule has 0 aliphatic carbocycles. The van der Waals surface area contributed by atoms with Crippen molar-refractivity contribution < 1.29 is 9.59 Å². The molecular weight excluding hydrogens is 408 g/mol. The molecule has 0 atom stereocenters. The van der Waals surface area contributed by atoms with Crippen molar-refractivity contribution in [3.63, 3.8) is 0 Å². The molecule has 1 N–H and O–H groups in total. The molecule has 156 valence electrons. The average molecular weight is 431 g/mol. The van der Waals surface area contributed by atoms with Gasteiger partial charge < -0.3 is 5.32 Å². The molecule has 0 spiro atoms. The first-order chi connectivity index (χ1) is 14.9. The second kappa shape index (κ2) is 8.40. The summed E-state index contributed by atoms with van der Waals surface area (Å²) in [4.78, 5) is 28.1. The Morgan fingerprint density at radius 1 is 0.871 bits per heavy atom. The van der Waals surface area contributed by atoms with E-state index in [9.17, 15) is 9.59 Å². The van der Waals surface area contributed by atoms with Crippen LogP contribution in [0.3, 0.4) is 0 Å². The highest BCUT2D eigenvalue weighted by Gasteiger charge is 2.41. The van der Waals surface area contributed by atoms with Crippen LogP contribution in [0, 0.1) is 13.8 Å². The van der Waals surface area contributed by atoms with Gasteiger partial charge in [0.05, 0.1) is 16.3 Å². The summed E-state index contributed by atoms with van der Waals surface area (Å²) < 4.78 is 0. The number of rotatable bonds is 5. The minimum absolute atomic E-state index is 0.248. The van der Waals surface area contributed by atoms with Crippen LogP contribution in [0.5, 0.6) is 0 Å². The number of aryl methyl sites for hydroxylation is 3. The van der Waals surface area contributed by atoms with Crippen LogP contribution in [-0.2, 0) is 16.0 Å². The van der Waals surface area contributed by atoms with E-state index in [0.717, 1.165) is 28.1 Å². The second-order valence-corrected chi connectivity index (χ2v) is 8.03. The van der Waals surface area contributed by atoms with Crippen LogP contribution in [0.1, 0.15) is 29.2 Å². The lowest BCUT2D eigenvalue weighted by Gasteiger charge is -2.16. The van der Waals surface area contributed by atoms with Crippen molar-refractivity contribution >= 4 is 40.4 Å². The van der Waals surface area contributed by atoms with Crippen LogP contribution in [0.25, 0.3) is 5.57 Å². The van der Waals surface area contributed by atoms with Crippen LogP contribution in [0.4, 0.5) is 11.4 Å². The number of carbonyl (C=O) groups excluding carboxylic acids is 2. The number of para-hydroxylation sites is 1. The van der Waals surface area contributed by atoms with Crippen LogP contribution in [0.15, 0.2) is 72.4 Å². The average Bonchev–Trinajstić information content (AvgIpc) is 3.00. The lowest BCUT2D eigenvalue weighted by Crippen LogP contribution is -2.32. The molecule has 1 aliphatic rings. The predicted molar refractivity (Wildman–Crippen MR) is 126 cm³/mol. The minimum atomic E-state index is -0.425. The second-order valence-electron chi connectivity index (χ2n) is 7.62. The molecule has 0 fully saturated rings. The third-order valence-corrected chi connectivity index (χ3v) is 5.92. The number of hydrogen-bond donors (Lipinski definition) is 1. The number of carbonyl (C=O) groups is 2. The van der Waals surface area contributed by atoms with Crippen molar-refractivity contribution in [1.29, 1.82) is 0 Å². The van der Waals surface area contributed by atoms with Crippen molar-refractivity contribution in [3.8, 4) is 0 Å². The lowest BCUT2D eigenvalue weighted by molar-refractivity contribution is -0.120. The zero-order valence-electron chi connectivity index (χ0n) is 17.7. The molecule has 3 aromatic rings. The number of anilines is 2. The molecule has 0 radical (unpaired) electrons. The molecule has 5 heteroatoms. The Kier molecular flexibility index (Phi) is 5.66. The summed E-state index contributed by atoms with van der Waals surface area (Å²) in [5.41, 5.74) is 5.77. The molecule has 2 amide bonds. The highest BCUT2D eigenvalue weighted by molar-refractivity contribution is 6.48. The molecule has 4 rings (SSSR count). The van der Waals surface area contributed by atoms with E-state index < -0.39 is 11.8 Å². The maximum Gasteiger partial charge on any atom is 0.282 e. The molecule has 0 saturated carbocycles. The summed E-state index contributed by atoms with van der Waals surface area (Å²) in [6.45, 7) is 6.09. The Hall–Kier alpha value is -3.37. The number of halogens is 1. The number of nitrogens with one attached hydrogen (secondary N) is 1. The molecule has 0 aromatic heterocycles. The Morgan fingerprint density at radius 3 is 2.23 bits per heavy atom. The lowest BCUT2D eigenvalue weighted by atomic mass is 9.99. The SMILES string of the molecule is CCc1ccc(NC2=C(c3ccc(C)c(C)c3)C(=O)N(c3ccccc3Cl)C2=O)cc1. The van der Waals surface area contributed by atoms with Crippen molar-refractivity contribution in [2.24, 2.45) is 0 Å². The first-order valence-electron chi connectivity index (χ1n) is 10.2. The van der Waals surface area contributed by atoms with E-state index in [4.69, 9.17) is 11.6 Å². The summed E-state index contributed by atoms with van der Waals surface area (Å²) in [6.07, 6.45) is 0.925. The fraction of sp³-hybridized carbons (Fsp3) is 0.154. The Labute approximate surface area is 187 Å². The van der Waals surface area contributed by atoms with Gasteiger partial charge in [0.1, 0.15) is 5.70 Å². The van der Waals surface area contributed by atoms with Gasteiger partial charge in [-0.2, -0.15) is 0 Å². The van der Waals surface area contributed by atoms with Crippen molar-refractivity contribution in [1.82, 2.24) is 0 Å². The number of benzene rings is 3. The summed E-state index contributed by atoms with van der Waals surface area (Å²) in [5, 5.41) is 3.54. The highest BCUT2D eigenvalue weighted by atomic mass is 35.5. The van der Waals surface area contributed by atoms with Gasteiger partial charge in [0.25, 0.3) is 11.8 Å². The number of hydrogen-bond acceptors (Lipinski definition) is 3. The van der Waals surface area contributed by atoms with Gasteiger partial charge in [0.2, 0.25) is 0 Å². The van der Waals surface area contributed by atoms with E-state index >= 15 is 0 Å². The van der Waals surface area contributed by atoms with Gasteiger partial charge in [-0.05, 0) is 66.8 Å². The van der Waals surface area contributed by atoms with Crippen molar-refractivity contribution in [2.45, 2.75) is 27.2 Å². The van der Waals surface area contributed by atoms with Crippen molar-refractivity contribution in [3.05, 3.63) is 99.7 Å². The fourth-order valence-corrected chi connectivity index (χ4v) is 3.85. The van der Waals surface area contributed by atoms with Crippen LogP contribution >= 0.6 is 11.6 Å². The van der Waals surface area contributed by atoms with Gasteiger partial charge in [-0.3, -0.25) is 9.59 Å². The van der Waals surface area contributed by atoms with Gasteiger partial charge in [0, 0.05) is 5.69 Å². The molecular formula is C26H23ClN2O2. The molecule has 1 heterocycles. The van der Waals surface area contributed by atoms with E-state index in [1.54, 1.807) is 24.3 Å². The van der Waals surface area contributed by atoms with E-state index in [2.05, 4.69) is 12.2 Å². The molecule has 0 saturated heterocycles. The first-order valence-corrected chi connectivity index (χ1v) is 10.6. The zero-order chi connectivity index (χ0) is 22.1. The first kappa shape index (κ1) is 20.9. The molecule has 0 bridgehead atoms. The normalized spacial score (nSPS) is 13.9. The third-order valence-electron chi connectivity index (χ3n) is 5.60. The van der Waals surface area contributed by atoms with Gasteiger partial charge in [-0.25, -0.2) is 4.90 Å². The van der Waals surface area contributed by atoms with Crippen molar-refractivity contribution in [2.75, 3.05) is 10.2 Å². The van der Waals surface area contributed by atoms with Gasteiger partial charge in [-0.1, -0.05) is 61.0 Å². The Bertz CT molecular complexity index is 1210. The fourth-order valence-electron chi connectivity index (χ4n) is 3.63. The van der Waals surface area contributed by atoms with Gasteiger partial charge in [-0.15, -0.1) is 0 Å². The van der Waals surface area contributed by atoms with Crippen LogP contribution < -0.4 is 10.2 Å². The van der Waals surface area contributed by atoms with E-state index in [1.807, 2.05) is 56.3 Å². The maximum atomic E-state index is 13.5. The van der Waals surface area contributed by atoms with Gasteiger partial charge in [0.15, 0.2) is 0 Å². The minimum Gasteiger partial charge on any atom is -0.350 e. The number of amides is 2. The smallest absolute Gasteiger partial charge is 0.282 e. The van der Waals surface area contributed by atoms with E-state index in [0.29, 0.717) is 21.8 Å². The Morgan fingerprint density at radius 2 is 1.58 bits per heavy atom. The molecule has 31 heavy (non-hydrogen) atoms. The zero-order valence-corrected chi connectivity index (χ0v) is 18.5. The number of nitrogens with zero attached hydrogens (tertiary/aromatic N) is 1. The van der Waals surface area contributed by atoms with Crippen LogP contribution in [0.2, 0.25) is 5.02 Å². The molecule has 0 unspecified atom stereocenters. The molecule has 3 aromatic carbocycles. The summed E-state index contributed by atoms with van der Waals surface area (Å²) >= 11 is 6.33. The highest BCUT2D eigenvalue weighted by Crippen LogP contribution is 2.37. The standard InChI is InChI=1S/C26H23ClN2O2/c1-4-18-10-13-20(14-11-18)28-24-23(19-12-9-16(2)17(3)15-19)25(30)29(26(24)31)22-8-6-5-7-21(22)27/h5-15,28H,4H2,1-3H3. The van der Waals surface area contributed by atoms with E-state index in [-0.39, 0.29) is 5.70 Å². The Balaban J connectivity index is 1.83. The topological polar surface area (TPSA) is 49.4 Å². The van der Waals surface area contributed by atoms with Gasteiger partial charge >= 0.3 is 0 Å². The largest absolute Gasteiger partial charge is 0.350 e. The summed E-state index contributed by atoms with van der Waals surface area (Å²) in [6, 6.07) is 20.5. The quantitative estimate of drug-likeness (QED) is 0.511. The maximum absolute atomic E-state index is 13.5. The third kappa shape index (κ3) is 3.87. The summed E-state index contributed by atoms with van der Waals surface area (Å²) in [7, 11) is 0. The van der Waals surface area contributed by atoms with Crippen LogP contribution in [-0.4, -0.2) is 11.8 Å². The monoisotopic (exact) mass is 430 g/mol. The van der Waals surface area contributed by atoms with E-state index in [1.165, 1.54) is 5.56 Å². The molecule has 1 aliphatic heterocycles. The predicted octanol–water partition coefficient (Wildman–Crippen LogP) is 5.92. The summed E-state index contributed by atoms with van der Waals surface area (Å²) in [5.74, 6) is -0.820. The number of imide groups is 1. The molecule has 4 nitrogen and oxygen atoms in total.